The van der Waals surface area contributed by atoms with Crippen LogP contribution in [0.2, 0.25) is 0 Å². The number of methoxy groups -OCH3 is 2. The lowest BCUT2D eigenvalue weighted by Gasteiger charge is -2.19. The van der Waals surface area contributed by atoms with Crippen molar-refractivity contribution in [2.24, 2.45) is 0 Å². The molecule has 9 heteroatoms. The van der Waals surface area contributed by atoms with Crippen LogP contribution in [0.25, 0.3) is 0 Å². The van der Waals surface area contributed by atoms with Gasteiger partial charge in [0.25, 0.3) is 5.22 Å². The van der Waals surface area contributed by atoms with Gasteiger partial charge in [0.2, 0.25) is 11.8 Å². The summed E-state index contributed by atoms with van der Waals surface area (Å²) >= 11 is 2.84. The zero-order valence-corrected chi connectivity index (χ0v) is 16.3. The van der Waals surface area contributed by atoms with Gasteiger partial charge in [0, 0.05) is 19.2 Å². The zero-order chi connectivity index (χ0) is 18.2. The molecule has 1 aromatic carbocycles. The summed E-state index contributed by atoms with van der Waals surface area (Å²) in [5.41, 5.74) is 0.878. The van der Waals surface area contributed by atoms with E-state index in [9.17, 15) is 4.79 Å². The van der Waals surface area contributed by atoms with Crippen molar-refractivity contribution in [2.45, 2.75) is 17.5 Å². The fraction of sp³-hybridized carbons (Fsp3) is 0.438. The summed E-state index contributed by atoms with van der Waals surface area (Å²) in [5, 5.41) is 8.26. The van der Waals surface area contributed by atoms with E-state index in [0.29, 0.717) is 34.9 Å². The zero-order valence-electron chi connectivity index (χ0n) is 14.6. The Balaban J connectivity index is 1.94. The molecule has 1 amide bonds. The molecule has 0 aliphatic carbocycles. The van der Waals surface area contributed by atoms with Crippen LogP contribution in [0.5, 0.6) is 11.5 Å². The summed E-state index contributed by atoms with van der Waals surface area (Å²) in [6.07, 6.45) is 1.96. The van der Waals surface area contributed by atoms with Crippen molar-refractivity contribution in [2.75, 3.05) is 33.3 Å². The minimum absolute atomic E-state index is 0.0421. The van der Waals surface area contributed by atoms with Crippen molar-refractivity contribution in [1.29, 1.82) is 0 Å². The molecule has 0 fully saturated rings. The number of ether oxygens (including phenoxy) is 2. The van der Waals surface area contributed by atoms with E-state index in [1.54, 1.807) is 37.9 Å². The second kappa shape index (κ2) is 9.57. The van der Waals surface area contributed by atoms with Gasteiger partial charge in [-0.1, -0.05) is 23.9 Å². The first-order valence-electron chi connectivity index (χ1n) is 7.47. The molecule has 1 heterocycles. The number of amides is 1. The Morgan fingerprint density at radius 1 is 1.28 bits per heavy atom. The topological polar surface area (TPSA) is 77.7 Å². The quantitative estimate of drug-likeness (QED) is 0.612. The number of nitrogens with zero attached hydrogens (tertiary/aromatic N) is 3. The predicted molar refractivity (Wildman–Crippen MR) is 98.3 cm³/mol. The van der Waals surface area contributed by atoms with Gasteiger partial charge in [0.15, 0.2) is 11.5 Å². The van der Waals surface area contributed by atoms with Crippen molar-refractivity contribution in [3.8, 4) is 11.5 Å². The van der Waals surface area contributed by atoms with E-state index in [-0.39, 0.29) is 11.7 Å². The fourth-order valence-electron chi connectivity index (χ4n) is 2.13. The summed E-state index contributed by atoms with van der Waals surface area (Å²) < 4.78 is 16.1. The van der Waals surface area contributed by atoms with Gasteiger partial charge in [-0.15, -0.1) is 10.2 Å². The number of hydrogen-bond donors (Lipinski definition) is 0. The van der Waals surface area contributed by atoms with E-state index < -0.39 is 0 Å². The number of carbonyl (C=O) groups excluding carboxylic acids is 1. The molecule has 0 radical (unpaired) electrons. The molecule has 2 rings (SSSR count). The summed E-state index contributed by atoms with van der Waals surface area (Å²) in [6.45, 7) is 0.418. The Morgan fingerprint density at radius 2 is 2.08 bits per heavy atom. The van der Waals surface area contributed by atoms with Crippen LogP contribution in [0.4, 0.5) is 0 Å². The number of benzene rings is 1. The smallest absolute Gasteiger partial charge is 0.277 e. The lowest BCUT2D eigenvalue weighted by atomic mass is 10.1. The predicted octanol–water partition coefficient (Wildman–Crippen LogP) is 2.70. The number of carbonyl (C=O) groups is 1. The van der Waals surface area contributed by atoms with Gasteiger partial charge in [-0.3, -0.25) is 4.79 Å². The first kappa shape index (κ1) is 19.5. The van der Waals surface area contributed by atoms with Crippen molar-refractivity contribution in [1.82, 2.24) is 15.1 Å². The average molecular weight is 383 g/mol. The van der Waals surface area contributed by atoms with E-state index >= 15 is 0 Å². The Bertz CT molecular complexity index is 708. The summed E-state index contributed by atoms with van der Waals surface area (Å²) in [7, 11) is 4.92. The summed E-state index contributed by atoms with van der Waals surface area (Å²) in [5.74, 6) is 2.69. The molecule has 0 atom stereocenters. The minimum atomic E-state index is -0.0421. The molecule has 1 aromatic heterocycles. The summed E-state index contributed by atoms with van der Waals surface area (Å²) in [6, 6.07) is 5.60. The third-order valence-electron chi connectivity index (χ3n) is 3.35. The van der Waals surface area contributed by atoms with E-state index in [2.05, 4.69) is 10.2 Å². The maximum atomic E-state index is 12.3. The number of para-hydroxylation sites is 1. The van der Waals surface area contributed by atoms with E-state index in [0.717, 1.165) is 5.56 Å². The largest absolute Gasteiger partial charge is 0.493 e. The molecule has 0 unspecified atom stereocenters. The molecule has 7 nitrogen and oxygen atoms in total. The molecule has 0 aliphatic heterocycles. The molecule has 2 aromatic rings. The SMILES string of the molecule is COc1cccc(CN(C)C(=O)CSc2nnc(CSC)o2)c1OC. The molecule has 0 aliphatic rings. The molecular weight excluding hydrogens is 362 g/mol. The lowest BCUT2D eigenvalue weighted by Crippen LogP contribution is -2.28. The van der Waals surface area contributed by atoms with Crippen LogP contribution in [0.15, 0.2) is 27.8 Å². The molecular formula is C16H21N3O4S2. The van der Waals surface area contributed by atoms with Gasteiger partial charge in [0.05, 0.1) is 25.7 Å². The van der Waals surface area contributed by atoms with Crippen molar-refractivity contribution < 1.29 is 18.7 Å². The lowest BCUT2D eigenvalue weighted by molar-refractivity contribution is -0.127. The third-order valence-corrected chi connectivity index (χ3v) is 4.69. The molecule has 0 saturated heterocycles. The maximum absolute atomic E-state index is 12.3. The number of aromatic nitrogens is 2. The van der Waals surface area contributed by atoms with Gasteiger partial charge in [-0.2, -0.15) is 11.8 Å². The van der Waals surface area contributed by atoms with Gasteiger partial charge < -0.3 is 18.8 Å². The molecule has 25 heavy (non-hydrogen) atoms. The monoisotopic (exact) mass is 383 g/mol. The Labute approximate surface area is 155 Å². The van der Waals surface area contributed by atoms with Crippen molar-refractivity contribution >= 4 is 29.4 Å². The molecule has 136 valence electrons. The highest BCUT2D eigenvalue weighted by atomic mass is 32.2. The normalized spacial score (nSPS) is 10.6. The van der Waals surface area contributed by atoms with Crippen molar-refractivity contribution in [3.05, 3.63) is 29.7 Å². The fourth-order valence-corrected chi connectivity index (χ4v) is 3.22. The van der Waals surface area contributed by atoms with Crippen LogP contribution in [0.3, 0.4) is 0 Å². The van der Waals surface area contributed by atoms with Crippen LogP contribution < -0.4 is 9.47 Å². The molecule has 0 spiro atoms. The van der Waals surface area contributed by atoms with Gasteiger partial charge in [-0.25, -0.2) is 0 Å². The van der Waals surface area contributed by atoms with Crippen molar-refractivity contribution in [3.63, 3.8) is 0 Å². The highest BCUT2D eigenvalue weighted by Gasteiger charge is 2.16. The summed E-state index contributed by atoms with van der Waals surface area (Å²) in [4.78, 5) is 14.0. The van der Waals surface area contributed by atoms with Gasteiger partial charge >= 0.3 is 0 Å². The average Bonchev–Trinajstić information content (AvgIpc) is 3.07. The van der Waals surface area contributed by atoms with E-state index in [4.69, 9.17) is 13.9 Å². The first-order valence-corrected chi connectivity index (χ1v) is 9.85. The van der Waals surface area contributed by atoms with Gasteiger partial charge in [-0.05, 0) is 12.3 Å². The Kier molecular flexibility index (Phi) is 7.45. The number of rotatable bonds is 9. The number of hydrogen-bond acceptors (Lipinski definition) is 8. The second-order valence-electron chi connectivity index (χ2n) is 5.09. The minimum Gasteiger partial charge on any atom is -0.493 e. The van der Waals surface area contributed by atoms with Crippen LogP contribution in [-0.4, -0.2) is 54.3 Å². The maximum Gasteiger partial charge on any atom is 0.277 e. The van der Waals surface area contributed by atoms with Gasteiger partial charge in [0.1, 0.15) is 0 Å². The highest BCUT2D eigenvalue weighted by molar-refractivity contribution is 7.99. The van der Waals surface area contributed by atoms with E-state index in [1.165, 1.54) is 11.8 Å². The second-order valence-corrected chi connectivity index (χ2v) is 6.88. The number of thioether (sulfide) groups is 2. The van der Waals surface area contributed by atoms with Crippen LogP contribution in [-0.2, 0) is 17.1 Å². The molecule has 0 saturated carbocycles. The Morgan fingerprint density at radius 3 is 2.76 bits per heavy atom. The molecule has 0 N–H and O–H groups in total. The first-order chi connectivity index (χ1) is 12.1. The van der Waals surface area contributed by atoms with Crippen LogP contribution >= 0.6 is 23.5 Å². The standard InChI is InChI=1S/C16H21N3O4S2/c1-19(8-11-6-5-7-12(21-2)15(11)22-3)14(20)10-25-16-18-17-13(23-16)9-24-4/h5-7H,8-10H2,1-4H3. The molecule has 0 bridgehead atoms. The third kappa shape index (κ3) is 5.30. The highest BCUT2D eigenvalue weighted by Crippen LogP contribution is 2.31. The Hall–Kier alpha value is -1.87. The van der Waals surface area contributed by atoms with Crippen LogP contribution in [0.1, 0.15) is 11.5 Å². The van der Waals surface area contributed by atoms with E-state index in [1.807, 2.05) is 24.5 Å². The van der Waals surface area contributed by atoms with Crippen LogP contribution in [0, 0.1) is 0 Å².